The van der Waals surface area contributed by atoms with Gasteiger partial charge in [-0.1, -0.05) is 119 Å². The zero-order valence-electron chi connectivity index (χ0n) is 17.0. The zero-order chi connectivity index (χ0) is 21.0. The van der Waals surface area contributed by atoms with Crippen molar-refractivity contribution >= 4 is 38.4 Å². The van der Waals surface area contributed by atoms with Crippen LogP contribution in [0.4, 0.5) is 0 Å². The molecule has 5 rings (SSSR count). The molecule has 0 atom stereocenters. The molecule has 0 nitrogen and oxygen atoms in total. The van der Waals surface area contributed by atoms with Crippen molar-refractivity contribution in [1.29, 1.82) is 0 Å². The van der Waals surface area contributed by atoms with Crippen molar-refractivity contribution in [1.82, 2.24) is 0 Å². The second-order valence-corrected chi connectivity index (χ2v) is 8.51. The Kier molecular flexibility index (Phi) is 5.52. The monoisotopic (exact) mass is 460 g/mol. The van der Waals surface area contributed by atoms with E-state index < -0.39 is 0 Å². The van der Waals surface area contributed by atoms with E-state index in [2.05, 4.69) is 143 Å². The molecule has 0 saturated heterocycles. The number of rotatable bonds is 4. The first-order valence-electron chi connectivity index (χ1n) is 10.4. The maximum Gasteiger partial charge on any atom is 0.0187 e. The lowest BCUT2D eigenvalue weighted by molar-refractivity contribution is 1.54. The van der Waals surface area contributed by atoms with Crippen LogP contribution in [0.5, 0.6) is 0 Å². The van der Waals surface area contributed by atoms with Gasteiger partial charge in [-0.3, -0.25) is 0 Å². The van der Waals surface area contributed by atoms with Gasteiger partial charge >= 0.3 is 0 Å². The average molecular weight is 461 g/mol. The topological polar surface area (TPSA) is 0 Å². The summed E-state index contributed by atoms with van der Waals surface area (Å²) in [5.41, 5.74) is 7.25. The van der Waals surface area contributed by atoms with E-state index in [1.807, 2.05) is 0 Å². The minimum Gasteiger partial charge on any atom is -0.0622 e. The molecular formula is C30H21Br. The first kappa shape index (κ1) is 19.5. The molecule has 148 valence electrons. The SMILES string of the molecule is Brc1cc(C=C(c2ccccc2)c2ccccc2)cc(-c2cccc3ccccc23)c1. The van der Waals surface area contributed by atoms with Gasteiger partial charge in [-0.15, -0.1) is 0 Å². The number of halogens is 1. The molecule has 0 aliphatic carbocycles. The lowest BCUT2D eigenvalue weighted by atomic mass is 9.93. The van der Waals surface area contributed by atoms with Crippen LogP contribution in [0.3, 0.4) is 0 Å². The maximum absolute atomic E-state index is 3.75. The van der Waals surface area contributed by atoms with Gasteiger partial charge in [0, 0.05) is 4.47 Å². The van der Waals surface area contributed by atoms with Gasteiger partial charge < -0.3 is 0 Å². The lowest BCUT2D eigenvalue weighted by Crippen LogP contribution is -1.89. The van der Waals surface area contributed by atoms with E-state index in [0.29, 0.717) is 0 Å². The third-order valence-electron chi connectivity index (χ3n) is 5.50. The quantitative estimate of drug-likeness (QED) is 0.235. The second kappa shape index (κ2) is 8.75. The highest BCUT2D eigenvalue weighted by atomic mass is 79.9. The third kappa shape index (κ3) is 4.23. The number of benzene rings is 5. The van der Waals surface area contributed by atoms with Crippen LogP contribution in [0.25, 0.3) is 33.5 Å². The van der Waals surface area contributed by atoms with E-state index >= 15 is 0 Å². The van der Waals surface area contributed by atoms with Gasteiger partial charge in [0.25, 0.3) is 0 Å². The van der Waals surface area contributed by atoms with E-state index in [4.69, 9.17) is 0 Å². The summed E-state index contributed by atoms with van der Waals surface area (Å²) in [5, 5.41) is 2.52. The molecule has 0 aromatic heterocycles. The molecular weight excluding hydrogens is 440 g/mol. The smallest absolute Gasteiger partial charge is 0.0187 e. The summed E-state index contributed by atoms with van der Waals surface area (Å²) >= 11 is 3.75. The second-order valence-electron chi connectivity index (χ2n) is 7.59. The Morgan fingerprint density at radius 1 is 0.581 bits per heavy atom. The summed E-state index contributed by atoms with van der Waals surface area (Å²) < 4.78 is 1.07. The maximum atomic E-state index is 3.75. The van der Waals surface area contributed by atoms with Crippen LogP contribution in [0.2, 0.25) is 0 Å². The molecule has 5 aromatic rings. The molecule has 0 spiro atoms. The molecule has 0 radical (unpaired) electrons. The predicted octanol–water partition coefficient (Wildman–Crippen LogP) is 8.86. The Hall–Kier alpha value is -3.42. The van der Waals surface area contributed by atoms with Crippen molar-refractivity contribution in [3.05, 3.63) is 142 Å². The van der Waals surface area contributed by atoms with Crippen LogP contribution in [-0.4, -0.2) is 0 Å². The van der Waals surface area contributed by atoms with Crippen LogP contribution in [-0.2, 0) is 0 Å². The first-order chi connectivity index (χ1) is 15.3. The molecule has 5 aromatic carbocycles. The Labute approximate surface area is 191 Å². The summed E-state index contributed by atoms with van der Waals surface area (Å²) in [5.74, 6) is 0. The highest BCUT2D eigenvalue weighted by Crippen LogP contribution is 2.33. The molecule has 0 amide bonds. The minimum atomic E-state index is 1.07. The summed E-state index contributed by atoms with van der Waals surface area (Å²) in [7, 11) is 0. The van der Waals surface area contributed by atoms with E-state index in [0.717, 1.165) is 4.47 Å². The molecule has 0 bridgehead atoms. The van der Waals surface area contributed by atoms with Crippen LogP contribution in [0, 0.1) is 0 Å². The van der Waals surface area contributed by atoms with Crippen LogP contribution < -0.4 is 0 Å². The predicted molar refractivity (Wildman–Crippen MR) is 137 cm³/mol. The van der Waals surface area contributed by atoms with E-state index in [1.165, 1.54) is 44.2 Å². The zero-order valence-corrected chi connectivity index (χ0v) is 18.6. The number of fused-ring (bicyclic) bond motifs is 1. The molecule has 0 unspecified atom stereocenters. The van der Waals surface area contributed by atoms with Crippen molar-refractivity contribution in [2.24, 2.45) is 0 Å². The fourth-order valence-electron chi connectivity index (χ4n) is 4.06. The Bertz CT molecular complexity index is 1320. The van der Waals surface area contributed by atoms with E-state index in [1.54, 1.807) is 0 Å². The van der Waals surface area contributed by atoms with Gasteiger partial charge in [-0.2, -0.15) is 0 Å². The van der Waals surface area contributed by atoms with Crippen molar-refractivity contribution in [2.45, 2.75) is 0 Å². The highest BCUT2D eigenvalue weighted by molar-refractivity contribution is 9.10. The fourth-order valence-corrected chi connectivity index (χ4v) is 4.57. The Morgan fingerprint density at radius 3 is 1.90 bits per heavy atom. The highest BCUT2D eigenvalue weighted by Gasteiger charge is 2.08. The molecule has 0 N–H and O–H groups in total. The number of hydrogen-bond donors (Lipinski definition) is 0. The summed E-state index contributed by atoms with van der Waals surface area (Å²) in [6.07, 6.45) is 2.28. The van der Waals surface area contributed by atoms with Crippen molar-refractivity contribution < 1.29 is 0 Å². The van der Waals surface area contributed by atoms with E-state index in [-0.39, 0.29) is 0 Å². The minimum absolute atomic E-state index is 1.07. The Balaban J connectivity index is 1.68. The van der Waals surface area contributed by atoms with E-state index in [9.17, 15) is 0 Å². The van der Waals surface area contributed by atoms with Crippen LogP contribution >= 0.6 is 15.9 Å². The van der Waals surface area contributed by atoms with Crippen LogP contribution in [0.1, 0.15) is 16.7 Å². The van der Waals surface area contributed by atoms with Gasteiger partial charge in [-0.05, 0) is 68.4 Å². The third-order valence-corrected chi connectivity index (χ3v) is 5.96. The van der Waals surface area contributed by atoms with Gasteiger partial charge in [0.2, 0.25) is 0 Å². The first-order valence-corrected chi connectivity index (χ1v) is 11.2. The summed E-state index contributed by atoms with van der Waals surface area (Å²) in [6.45, 7) is 0. The van der Waals surface area contributed by atoms with Crippen LogP contribution in [0.15, 0.2) is 126 Å². The summed E-state index contributed by atoms with van der Waals surface area (Å²) in [6, 6.07) is 42.9. The molecule has 0 fully saturated rings. The normalized spacial score (nSPS) is 10.7. The van der Waals surface area contributed by atoms with Crippen molar-refractivity contribution in [2.75, 3.05) is 0 Å². The molecule has 1 heteroatoms. The van der Waals surface area contributed by atoms with Crippen molar-refractivity contribution in [3.8, 4) is 11.1 Å². The Morgan fingerprint density at radius 2 is 1.19 bits per heavy atom. The molecule has 0 aliphatic rings. The summed E-state index contributed by atoms with van der Waals surface area (Å²) in [4.78, 5) is 0. The van der Waals surface area contributed by atoms with Gasteiger partial charge in [0.05, 0.1) is 0 Å². The van der Waals surface area contributed by atoms with Crippen molar-refractivity contribution in [3.63, 3.8) is 0 Å². The largest absolute Gasteiger partial charge is 0.0622 e. The molecule has 31 heavy (non-hydrogen) atoms. The fraction of sp³-hybridized carbons (Fsp3) is 0. The molecule has 0 heterocycles. The average Bonchev–Trinajstić information content (AvgIpc) is 2.83. The lowest BCUT2D eigenvalue weighted by Gasteiger charge is -2.12. The molecule has 0 aliphatic heterocycles. The van der Waals surface area contributed by atoms with Gasteiger partial charge in [0.1, 0.15) is 0 Å². The standard InChI is InChI=1S/C30H21Br/c31-27-19-22(18-26(21-27)29-17-9-15-23-14-7-8-16-28(23)29)20-30(24-10-3-1-4-11-24)25-12-5-2-6-13-25/h1-21H. The van der Waals surface area contributed by atoms with Gasteiger partial charge in [0.15, 0.2) is 0 Å². The molecule has 0 saturated carbocycles. The number of hydrogen-bond acceptors (Lipinski definition) is 0. The van der Waals surface area contributed by atoms with Gasteiger partial charge in [-0.25, -0.2) is 0 Å².